The van der Waals surface area contributed by atoms with Crippen molar-refractivity contribution >= 4 is 30.1 Å². The van der Waals surface area contributed by atoms with Gasteiger partial charge >= 0.3 is 0 Å². The number of piperidine rings is 1. The number of amides is 3. The van der Waals surface area contributed by atoms with Crippen LogP contribution in [0.5, 0.6) is 0 Å². The van der Waals surface area contributed by atoms with Crippen LogP contribution < -0.4 is 10.6 Å². The normalized spacial score (nSPS) is 22.7. The van der Waals surface area contributed by atoms with Crippen molar-refractivity contribution in [2.24, 2.45) is 11.8 Å². The van der Waals surface area contributed by atoms with Crippen molar-refractivity contribution < 1.29 is 14.4 Å². The zero-order valence-electron chi connectivity index (χ0n) is 16.0. The predicted molar refractivity (Wildman–Crippen MR) is 108 cm³/mol. The van der Waals surface area contributed by atoms with Gasteiger partial charge in [-0.3, -0.25) is 19.7 Å². The van der Waals surface area contributed by atoms with Gasteiger partial charge in [-0.1, -0.05) is 12.1 Å². The second-order valence-corrected chi connectivity index (χ2v) is 8.13. The molecule has 1 saturated carbocycles. The van der Waals surface area contributed by atoms with Crippen LogP contribution in [0.2, 0.25) is 0 Å². The lowest BCUT2D eigenvalue weighted by molar-refractivity contribution is -0.125. The number of nitrogens with zero attached hydrogens (tertiary/aromatic N) is 1. The molecule has 2 N–H and O–H groups in total. The molecule has 3 amide bonds. The van der Waals surface area contributed by atoms with Gasteiger partial charge in [0.1, 0.15) is 0 Å². The van der Waals surface area contributed by atoms with E-state index in [0.29, 0.717) is 18.0 Å². The number of hydrogen-bond acceptors (Lipinski definition) is 4. The van der Waals surface area contributed by atoms with Crippen molar-refractivity contribution in [3.05, 3.63) is 35.4 Å². The molecule has 152 valence electrons. The number of halogens is 1. The molecule has 0 radical (unpaired) electrons. The molecule has 1 aliphatic carbocycles. The molecule has 3 aliphatic rings. The third kappa shape index (κ3) is 5.11. The summed E-state index contributed by atoms with van der Waals surface area (Å²) in [6, 6.07) is 8.01. The number of hydrogen-bond donors (Lipinski definition) is 2. The lowest BCUT2D eigenvalue weighted by Gasteiger charge is -2.32. The Balaban J connectivity index is 0.00000225. The van der Waals surface area contributed by atoms with E-state index >= 15 is 0 Å². The standard InChI is InChI=1S/C21H27N3O3.ClH/c25-19-12-17(20(26)23-19)11-14-3-5-16(6-4-14)21(27)24-9-7-18(8-10-24)22-13-15-1-2-15;/h3-6,15,17-18,22H,1-2,7-13H2,(H,23,25,26);1H. The summed E-state index contributed by atoms with van der Waals surface area (Å²) in [5.41, 5.74) is 1.67. The highest BCUT2D eigenvalue weighted by Crippen LogP contribution is 2.28. The minimum Gasteiger partial charge on any atom is -0.339 e. The zero-order chi connectivity index (χ0) is 18.8. The fourth-order valence-corrected chi connectivity index (χ4v) is 3.96. The summed E-state index contributed by atoms with van der Waals surface area (Å²) in [7, 11) is 0. The van der Waals surface area contributed by atoms with E-state index in [0.717, 1.165) is 44.0 Å². The molecular formula is C21H28ClN3O3. The first kappa shape index (κ1) is 20.8. The molecule has 0 aromatic heterocycles. The lowest BCUT2D eigenvalue weighted by Crippen LogP contribution is -2.45. The number of likely N-dealkylation sites (tertiary alicyclic amines) is 1. The van der Waals surface area contributed by atoms with Gasteiger partial charge in [0, 0.05) is 31.1 Å². The molecule has 0 spiro atoms. The Bertz CT molecular complexity index is 725. The average molecular weight is 406 g/mol. The maximum Gasteiger partial charge on any atom is 0.253 e. The second kappa shape index (κ2) is 9.05. The molecule has 2 heterocycles. The van der Waals surface area contributed by atoms with Crippen LogP contribution in [0.3, 0.4) is 0 Å². The number of carbonyl (C=O) groups is 3. The highest BCUT2D eigenvalue weighted by molar-refractivity contribution is 6.03. The summed E-state index contributed by atoms with van der Waals surface area (Å²) in [4.78, 5) is 37.6. The lowest BCUT2D eigenvalue weighted by atomic mass is 9.97. The number of carbonyl (C=O) groups excluding carboxylic acids is 3. The van der Waals surface area contributed by atoms with Crippen molar-refractivity contribution in [2.45, 2.75) is 44.6 Å². The molecule has 6 nitrogen and oxygen atoms in total. The molecule has 2 aliphatic heterocycles. The minimum absolute atomic E-state index is 0. The van der Waals surface area contributed by atoms with E-state index in [-0.39, 0.29) is 42.5 Å². The van der Waals surface area contributed by atoms with Gasteiger partial charge in [0.25, 0.3) is 5.91 Å². The molecule has 7 heteroatoms. The molecule has 4 rings (SSSR count). The summed E-state index contributed by atoms with van der Waals surface area (Å²) in [5.74, 6) is 0.277. The van der Waals surface area contributed by atoms with Gasteiger partial charge in [-0.2, -0.15) is 0 Å². The Hall–Kier alpha value is -1.92. The zero-order valence-corrected chi connectivity index (χ0v) is 16.8. The summed E-state index contributed by atoms with van der Waals surface area (Å²) in [6.45, 7) is 2.73. The van der Waals surface area contributed by atoms with E-state index in [2.05, 4.69) is 10.6 Å². The Kier molecular flexibility index (Phi) is 6.73. The Morgan fingerprint density at radius 2 is 1.75 bits per heavy atom. The van der Waals surface area contributed by atoms with Crippen LogP contribution in [0.4, 0.5) is 0 Å². The van der Waals surface area contributed by atoms with Crippen molar-refractivity contribution in [3.63, 3.8) is 0 Å². The van der Waals surface area contributed by atoms with Crippen LogP contribution in [-0.4, -0.2) is 48.3 Å². The summed E-state index contributed by atoms with van der Waals surface area (Å²) in [6.07, 6.45) is 5.54. The average Bonchev–Trinajstić information content (AvgIpc) is 3.45. The highest BCUT2D eigenvalue weighted by atomic mass is 35.5. The Morgan fingerprint density at radius 1 is 1.07 bits per heavy atom. The monoisotopic (exact) mass is 405 g/mol. The van der Waals surface area contributed by atoms with Crippen molar-refractivity contribution in [1.29, 1.82) is 0 Å². The highest BCUT2D eigenvalue weighted by Gasteiger charge is 2.30. The van der Waals surface area contributed by atoms with Crippen LogP contribution in [0, 0.1) is 11.8 Å². The molecule has 1 aromatic carbocycles. The molecule has 28 heavy (non-hydrogen) atoms. The minimum atomic E-state index is -0.291. The maximum atomic E-state index is 12.7. The first-order valence-electron chi connectivity index (χ1n) is 10.0. The topological polar surface area (TPSA) is 78.5 Å². The summed E-state index contributed by atoms with van der Waals surface area (Å²) < 4.78 is 0. The van der Waals surface area contributed by atoms with Crippen molar-refractivity contribution in [1.82, 2.24) is 15.5 Å². The molecule has 3 fully saturated rings. The Morgan fingerprint density at radius 3 is 2.32 bits per heavy atom. The van der Waals surface area contributed by atoms with E-state index < -0.39 is 0 Å². The van der Waals surface area contributed by atoms with Gasteiger partial charge in [0.05, 0.1) is 5.92 Å². The van der Waals surface area contributed by atoms with Gasteiger partial charge in [-0.05, 0) is 62.3 Å². The predicted octanol–water partition coefficient (Wildman–Crippen LogP) is 1.92. The van der Waals surface area contributed by atoms with Crippen LogP contribution in [-0.2, 0) is 16.0 Å². The third-order valence-corrected chi connectivity index (χ3v) is 5.92. The Labute approximate surface area is 171 Å². The van der Waals surface area contributed by atoms with Crippen LogP contribution in [0.15, 0.2) is 24.3 Å². The fourth-order valence-electron chi connectivity index (χ4n) is 3.96. The number of imide groups is 1. The van der Waals surface area contributed by atoms with Crippen molar-refractivity contribution in [3.8, 4) is 0 Å². The van der Waals surface area contributed by atoms with E-state index in [1.54, 1.807) is 0 Å². The smallest absolute Gasteiger partial charge is 0.253 e. The molecule has 2 saturated heterocycles. The summed E-state index contributed by atoms with van der Waals surface area (Å²) in [5, 5.41) is 5.97. The largest absolute Gasteiger partial charge is 0.339 e. The first-order chi connectivity index (χ1) is 13.1. The van der Waals surface area contributed by atoms with Crippen LogP contribution in [0.25, 0.3) is 0 Å². The molecule has 1 unspecified atom stereocenters. The van der Waals surface area contributed by atoms with Gasteiger partial charge in [-0.15, -0.1) is 12.4 Å². The quantitative estimate of drug-likeness (QED) is 0.709. The molecular weight excluding hydrogens is 378 g/mol. The molecule has 1 atom stereocenters. The second-order valence-electron chi connectivity index (χ2n) is 8.13. The van der Waals surface area contributed by atoms with E-state index in [4.69, 9.17) is 0 Å². The van der Waals surface area contributed by atoms with Crippen LogP contribution in [0.1, 0.15) is 48.0 Å². The number of benzene rings is 1. The SMILES string of the molecule is Cl.O=C1CC(Cc2ccc(C(=O)N3CCC(NCC4CC4)CC3)cc2)C(=O)N1. The van der Waals surface area contributed by atoms with E-state index in [1.165, 1.54) is 12.8 Å². The van der Waals surface area contributed by atoms with Gasteiger partial charge in [0.15, 0.2) is 0 Å². The van der Waals surface area contributed by atoms with Crippen LogP contribution >= 0.6 is 12.4 Å². The third-order valence-electron chi connectivity index (χ3n) is 5.92. The maximum absolute atomic E-state index is 12.7. The number of nitrogens with one attached hydrogen (secondary N) is 2. The molecule has 0 bridgehead atoms. The molecule has 1 aromatic rings. The number of rotatable bonds is 6. The van der Waals surface area contributed by atoms with E-state index in [1.807, 2.05) is 29.2 Å². The summed E-state index contributed by atoms with van der Waals surface area (Å²) >= 11 is 0. The van der Waals surface area contributed by atoms with Gasteiger partial charge < -0.3 is 10.2 Å². The van der Waals surface area contributed by atoms with Crippen molar-refractivity contribution in [2.75, 3.05) is 19.6 Å². The fraction of sp³-hybridized carbons (Fsp3) is 0.571. The van der Waals surface area contributed by atoms with Gasteiger partial charge in [0.2, 0.25) is 11.8 Å². The first-order valence-corrected chi connectivity index (χ1v) is 10.0. The van der Waals surface area contributed by atoms with Gasteiger partial charge in [-0.25, -0.2) is 0 Å². The van der Waals surface area contributed by atoms with E-state index in [9.17, 15) is 14.4 Å².